The largest absolute Gasteiger partial charge is 0.427 e. The molecule has 0 bridgehead atoms. The lowest BCUT2D eigenvalue weighted by atomic mass is 9.97. The fourth-order valence-corrected chi connectivity index (χ4v) is 3.26. The van der Waals surface area contributed by atoms with Gasteiger partial charge in [0.2, 0.25) is 5.91 Å². The van der Waals surface area contributed by atoms with Gasteiger partial charge in [0.15, 0.2) is 5.13 Å². The van der Waals surface area contributed by atoms with Crippen molar-refractivity contribution in [3.05, 3.63) is 11.1 Å². The average Bonchev–Trinajstić information content (AvgIpc) is 2.97. The van der Waals surface area contributed by atoms with Gasteiger partial charge < -0.3 is 10.2 Å². The summed E-state index contributed by atoms with van der Waals surface area (Å²) in [5.41, 5.74) is 0. The Bertz CT molecular complexity index is 504. The van der Waals surface area contributed by atoms with E-state index in [1.165, 1.54) is 0 Å². The smallest absolute Gasteiger partial charge is 0.356 e. The molecule has 0 radical (unpaired) electrons. The van der Waals surface area contributed by atoms with Crippen LogP contribution in [0.4, 0.5) is 18.3 Å². The first-order chi connectivity index (χ1) is 10.4. The van der Waals surface area contributed by atoms with Crippen molar-refractivity contribution in [1.29, 1.82) is 0 Å². The third-order valence-corrected chi connectivity index (χ3v) is 4.77. The van der Waals surface area contributed by atoms with Gasteiger partial charge >= 0.3 is 6.18 Å². The monoisotopic (exact) mass is 335 g/mol. The van der Waals surface area contributed by atoms with Crippen molar-refractivity contribution in [2.75, 3.05) is 24.5 Å². The average molecular weight is 335 g/mol. The van der Waals surface area contributed by atoms with Crippen molar-refractivity contribution < 1.29 is 18.0 Å². The molecule has 0 spiro atoms. The zero-order chi connectivity index (χ0) is 16.2. The summed E-state index contributed by atoms with van der Waals surface area (Å²) in [5.74, 6) is -0.186. The van der Waals surface area contributed by atoms with Crippen molar-refractivity contribution in [2.24, 2.45) is 5.92 Å². The maximum absolute atomic E-state index is 12.6. The molecule has 2 rings (SSSR count). The molecule has 4 nitrogen and oxygen atoms in total. The van der Waals surface area contributed by atoms with E-state index in [1.807, 2.05) is 0 Å². The zero-order valence-corrected chi connectivity index (χ0v) is 13.3. The van der Waals surface area contributed by atoms with Gasteiger partial charge in [-0.25, -0.2) is 4.98 Å². The number of amides is 1. The number of unbranched alkanes of at least 4 members (excludes halogenated alkanes) is 1. The van der Waals surface area contributed by atoms with Crippen molar-refractivity contribution in [3.63, 3.8) is 0 Å². The molecule has 1 amide bonds. The molecule has 1 aromatic rings. The Kier molecular flexibility index (Phi) is 5.66. The standard InChI is InChI=1S/C14H20F3N3OS/c1-2-3-6-18-12(21)10-5-4-7-20(9-10)13-19-8-11(22-13)14(15,16)17/h8,10H,2-7,9H2,1H3,(H,18,21). The van der Waals surface area contributed by atoms with Crippen LogP contribution < -0.4 is 10.2 Å². The molecule has 0 aliphatic carbocycles. The maximum atomic E-state index is 12.6. The highest BCUT2D eigenvalue weighted by Crippen LogP contribution is 2.37. The number of carbonyl (C=O) groups excluding carboxylic acids is 1. The fraction of sp³-hybridized carbons (Fsp3) is 0.714. The first kappa shape index (κ1) is 17.1. The highest BCUT2D eigenvalue weighted by molar-refractivity contribution is 7.15. The number of hydrogen-bond acceptors (Lipinski definition) is 4. The van der Waals surface area contributed by atoms with Crippen LogP contribution in [0.3, 0.4) is 0 Å². The highest BCUT2D eigenvalue weighted by Gasteiger charge is 2.35. The summed E-state index contributed by atoms with van der Waals surface area (Å²) < 4.78 is 37.9. The lowest BCUT2D eigenvalue weighted by Crippen LogP contribution is -2.43. The molecule has 1 atom stereocenters. The van der Waals surface area contributed by atoms with E-state index in [9.17, 15) is 18.0 Å². The number of nitrogens with one attached hydrogen (secondary N) is 1. The molecular weight excluding hydrogens is 315 g/mol. The molecule has 0 aromatic carbocycles. The number of nitrogens with zero attached hydrogens (tertiary/aromatic N) is 2. The Hall–Kier alpha value is -1.31. The van der Waals surface area contributed by atoms with Crippen molar-refractivity contribution >= 4 is 22.4 Å². The maximum Gasteiger partial charge on any atom is 0.427 e. The molecule has 8 heteroatoms. The van der Waals surface area contributed by atoms with Crippen LogP contribution in [0.5, 0.6) is 0 Å². The molecule has 1 N–H and O–H groups in total. The number of piperidine rings is 1. The second kappa shape index (κ2) is 7.30. The fourth-order valence-electron chi connectivity index (χ4n) is 2.44. The molecule has 124 valence electrons. The normalized spacial score (nSPS) is 19.3. The molecular formula is C14H20F3N3OS. The Morgan fingerprint density at radius 1 is 1.55 bits per heavy atom. The zero-order valence-electron chi connectivity index (χ0n) is 12.4. The number of carbonyl (C=O) groups is 1. The number of halogens is 3. The summed E-state index contributed by atoms with van der Waals surface area (Å²) in [5, 5.41) is 3.24. The van der Waals surface area contributed by atoms with Gasteiger partial charge in [-0.2, -0.15) is 13.2 Å². The first-order valence-corrected chi connectivity index (χ1v) is 8.29. The Morgan fingerprint density at radius 2 is 2.32 bits per heavy atom. The second-order valence-electron chi connectivity index (χ2n) is 5.43. The van der Waals surface area contributed by atoms with E-state index in [2.05, 4.69) is 17.2 Å². The van der Waals surface area contributed by atoms with Crippen LogP contribution in [0.1, 0.15) is 37.5 Å². The number of aromatic nitrogens is 1. The van der Waals surface area contributed by atoms with E-state index >= 15 is 0 Å². The molecule has 2 heterocycles. The summed E-state index contributed by atoms with van der Waals surface area (Å²) in [6.45, 7) is 3.78. The molecule has 1 unspecified atom stereocenters. The van der Waals surface area contributed by atoms with Crippen molar-refractivity contribution in [1.82, 2.24) is 10.3 Å². The summed E-state index contributed by atoms with van der Waals surface area (Å²) in [6, 6.07) is 0. The second-order valence-corrected chi connectivity index (χ2v) is 6.44. The molecule has 1 aliphatic heterocycles. The van der Waals surface area contributed by atoms with E-state index in [4.69, 9.17) is 0 Å². The SMILES string of the molecule is CCCCNC(=O)C1CCCN(c2ncc(C(F)(F)F)s2)C1. The molecule has 1 fully saturated rings. The predicted octanol–water partition coefficient (Wildman–Crippen LogP) is 3.29. The predicted molar refractivity (Wildman–Crippen MR) is 80.0 cm³/mol. The summed E-state index contributed by atoms with van der Waals surface area (Å²) in [4.78, 5) is 17.0. The lowest BCUT2D eigenvalue weighted by Gasteiger charge is -2.31. The van der Waals surface area contributed by atoms with Crippen LogP contribution in [-0.4, -0.2) is 30.5 Å². The highest BCUT2D eigenvalue weighted by atomic mass is 32.1. The third-order valence-electron chi connectivity index (χ3n) is 3.67. The third kappa shape index (κ3) is 4.34. The van der Waals surface area contributed by atoms with Crippen LogP contribution in [0.15, 0.2) is 6.20 Å². The summed E-state index contributed by atoms with van der Waals surface area (Å²) >= 11 is 0.640. The topological polar surface area (TPSA) is 45.2 Å². The van der Waals surface area contributed by atoms with Crippen molar-refractivity contribution in [3.8, 4) is 0 Å². The Balaban J connectivity index is 1.95. The lowest BCUT2D eigenvalue weighted by molar-refractivity contribution is -0.134. The van der Waals surface area contributed by atoms with Crippen LogP contribution in [-0.2, 0) is 11.0 Å². The van der Waals surface area contributed by atoms with Crippen LogP contribution >= 0.6 is 11.3 Å². The Labute approximate surface area is 131 Å². The minimum absolute atomic E-state index is 0.00856. The number of thiazole rings is 1. The molecule has 0 saturated carbocycles. The van der Waals surface area contributed by atoms with Gasteiger partial charge in [0.25, 0.3) is 0 Å². The van der Waals surface area contributed by atoms with Gasteiger partial charge in [-0.05, 0) is 19.3 Å². The molecule has 22 heavy (non-hydrogen) atoms. The van der Waals surface area contributed by atoms with E-state index in [0.29, 0.717) is 36.1 Å². The van der Waals surface area contributed by atoms with Crippen LogP contribution in [0.2, 0.25) is 0 Å². The van der Waals surface area contributed by atoms with E-state index < -0.39 is 11.1 Å². The Morgan fingerprint density at radius 3 is 2.95 bits per heavy atom. The van der Waals surface area contributed by atoms with Gasteiger partial charge in [0.1, 0.15) is 4.88 Å². The quantitative estimate of drug-likeness (QED) is 0.840. The minimum atomic E-state index is -4.36. The van der Waals surface area contributed by atoms with Gasteiger partial charge in [-0.3, -0.25) is 4.79 Å². The van der Waals surface area contributed by atoms with E-state index in [-0.39, 0.29) is 11.8 Å². The van der Waals surface area contributed by atoms with Gasteiger partial charge in [0, 0.05) is 19.6 Å². The van der Waals surface area contributed by atoms with Gasteiger partial charge in [-0.1, -0.05) is 24.7 Å². The number of alkyl halides is 3. The summed E-state index contributed by atoms with van der Waals surface area (Å²) in [6.07, 6.45) is 0.00627. The summed E-state index contributed by atoms with van der Waals surface area (Å²) in [7, 11) is 0. The van der Waals surface area contributed by atoms with E-state index in [0.717, 1.165) is 31.9 Å². The van der Waals surface area contributed by atoms with Crippen molar-refractivity contribution in [2.45, 2.75) is 38.8 Å². The molecule has 1 aromatic heterocycles. The van der Waals surface area contributed by atoms with E-state index in [1.54, 1.807) is 4.90 Å². The van der Waals surface area contributed by atoms with Crippen LogP contribution in [0, 0.1) is 5.92 Å². The first-order valence-electron chi connectivity index (χ1n) is 7.47. The minimum Gasteiger partial charge on any atom is -0.356 e. The molecule has 1 saturated heterocycles. The van der Waals surface area contributed by atoms with Crippen LogP contribution in [0.25, 0.3) is 0 Å². The number of hydrogen-bond donors (Lipinski definition) is 1. The number of rotatable bonds is 5. The van der Waals surface area contributed by atoms with Gasteiger partial charge in [-0.15, -0.1) is 0 Å². The van der Waals surface area contributed by atoms with Gasteiger partial charge in [0.05, 0.1) is 12.1 Å². The number of anilines is 1. The molecule has 1 aliphatic rings.